The summed E-state index contributed by atoms with van der Waals surface area (Å²) in [5.41, 5.74) is 7.82. The molecule has 3 N–H and O–H groups in total. The SMILES string of the molecule is Cc1cccc(N)c1C(=O)N1CCCC1C(=O)NC1CC1. The molecule has 1 saturated heterocycles. The van der Waals surface area contributed by atoms with Gasteiger partial charge in [0.1, 0.15) is 6.04 Å². The van der Waals surface area contributed by atoms with Crippen molar-refractivity contribution in [1.82, 2.24) is 10.2 Å². The topological polar surface area (TPSA) is 75.4 Å². The van der Waals surface area contributed by atoms with Gasteiger partial charge in [0.15, 0.2) is 0 Å². The molecule has 0 radical (unpaired) electrons. The number of nitrogens with one attached hydrogen (secondary N) is 1. The molecule has 1 aliphatic carbocycles. The standard InChI is InChI=1S/C16H21N3O2/c1-10-4-2-5-12(17)14(10)16(21)19-9-3-6-13(19)15(20)18-11-7-8-11/h2,4-5,11,13H,3,6-9,17H2,1H3,(H,18,20). The largest absolute Gasteiger partial charge is 0.398 e. The molecule has 1 aromatic carbocycles. The third kappa shape index (κ3) is 2.73. The van der Waals surface area contributed by atoms with Crippen LogP contribution in [-0.2, 0) is 4.79 Å². The number of hydrogen-bond donors (Lipinski definition) is 2. The molecule has 1 saturated carbocycles. The van der Waals surface area contributed by atoms with Gasteiger partial charge < -0.3 is 16.0 Å². The maximum Gasteiger partial charge on any atom is 0.256 e. The van der Waals surface area contributed by atoms with Crippen molar-refractivity contribution in [2.24, 2.45) is 0 Å². The lowest BCUT2D eigenvalue weighted by molar-refractivity contribution is -0.125. The molecule has 2 aliphatic rings. The van der Waals surface area contributed by atoms with E-state index in [1.165, 1.54) is 0 Å². The molecule has 2 fully saturated rings. The van der Waals surface area contributed by atoms with E-state index in [1.807, 2.05) is 19.1 Å². The number of nitrogen functional groups attached to an aromatic ring is 1. The van der Waals surface area contributed by atoms with E-state index in [4.69, 9.17) is 5.73 Å². The van der Waals surface area contributed by atoms with Crippen LogP contribution >= 0.6 is 0 Å². The van der Waals surface area contributed by atoms with Crippen molar-refractivity contribution < 1.29 is 9.59 Å². The second-order valence-electron chi connectivity index (χ2n) is 5.98. The fourth-order valence-electron chi connectivity index (χ4n) is 2.93. The highest BCUT2D eigenvalue weighted by molar-refractivity contribution is 6.02. The Hall–Kier alpha value is -2.04. The Morgan fingerprint density at radius 3 is 2.71 bits per heavy atom. The molecule has 3 rings (SSSR count). The number of aryl methyl sites for hydroxylation is 1. The van der Waals surface area contributed by atoms with Crippen molar-refractivity contribution in [1.29, 1.82) is 0 Å². The third-order valence-electron chi connectivity index (χ3n) is 4.26. The van der Waals surface area contributed by atoms with Crippen molar-refractivity contribution in [3.05, 3.63) is 29.3 Å². The maximum absolute atomic E-state index is 12.8. The molecule has 0 bridgehead atoms. The first-order chi connectivity index (χ1) is 10.1. The second kappa shape index (κ2) is 5.39. The van der Waals surface area contributed by atoms with Crippen molar-refractivity contribution in [3.8, 4) is 0 Å². The van der Waals surface area contributed by atoms with Crippen molar-refractivity contribution in [2.75, 3.05) is 12.3 Å². The zero-order valence-corrected chi connectivity index (χ0v) is 12.3. The first-order valence-electron chi connectivity index (χ1n) is 7.54. The van der Waals surface area contributed by atoms with Crippen LogP contribution in [0.15, 0.2) is 18.2 Å². The summed E-state index contributed by atoms with van der Waals surface area (Å²) in [5.74, 6) is -0.144. The summed E-state index contributed by atoms with van der Waals surface area (Å²) in [4.78, 5) is 26.7. The number of hydrogen-bond acceptors (Lipinski definition) is 3. The highest BCUT2D eigenvalue weighted by atomic mass is 16.2. The van der Waals surface area contributed by atoms with Crippen LogP contribution in [0, 0.1) is 6.92 Å². The highest BCUT2D eigenvalue weighted by Gasteiger charge is 2.37. The van der Waals surface area contributed by atoms with E-state index < -0.39 is 0 Å². The molecule has 5 heteroatoms. The average Bonchev–Trinajstić information content (AvgIpc) is 3.11. The number of anilines is 1. The van der Waals surface area contributed by atoms with Crippen molar-refractivity contribution in [3.63, 3.8) is 0 Å². The first kappa shape index (κ1) is 13.9. The summed E-state index contributed by atoms with van der Waals surface area (Å²) < 4.78 is 0. The molecular formula is C16H21N3O2. The number of rotatable bonds is 3. The maximum atomic E-state index is 12.8. The summed E-state index contributed by atoms with van der Waals surface area (Å²) in [6.45, 7) is 2.49. The minimum Gasteiger partial charge on any atom is -0.398 e. The number of benzene rings is 1. The van der Waals surface area contributed by atoms with E-state index in [1.54, 1.807) is 11.0 Å². The lowest BCUT2D eigenvalue weighted by Crippen LogP contribution is -2.46. The van der Waals surface area contributed by atoms with Gasteiger partial charge in [-0.2, -0.15) is 0 Å². The van der Waals surface area contributed by atoms with Crippen LogP contribution in [0.2, 0.25) is 0 Å². The Balaban J connectivity index is 1.80. The molecular weight excluding hydrogens is 266 g/mol. The monoisotopic (exact) mass is 287 g/mol. The van der Waals surface area contributed by atoms with Crippen LogP contribution in [-0.4, -0.2) is 35.3 Å². The Kier molecular flexibility index (Phi) is 3.57. The molecule has 2 amide bonds. The van der Waals surface area contributed by atoms with Crippen LogP contribution in [0.1, 0.15) is 41.6 Å². The molecule has 1 unspecified atom stereocenters. The third-order valence-corrected chi connectivity index (χ3v) is 4.26. The first-order valence-corrected chi connectivity index (χ1v) is 7.54. The van der Waals surface area contributed by atoms with E-state index in [-0.39, 0.29) is 17.9 Å². The van der Waals surface area contributed by atoms with Crippen molar-refractivity contribution >= 4 is 17.5 Å². The van der Waals surface area contributed by atoms with Gasteiger partial charge in [-0.1, -0.05) is 12.1 Å². The Morgan fingerprint density at radius 2 is 2.05 bits per heavy atom. The minimum atomic E-state index is -0.350. The number of carbonyl (C=O) groups excluding carboxylic acids is 2. The highest BCUT2D eigenvalue weighted by Crippen LogP contribution is 2.26. The lowest BCUT2D eigenvalue weighted by Gasteiger charge is -2.25. The summed E-state index contributed by atoms with van der Waals surface area (Å²) >= 11 is 0. The fraction of sp³-hybridized carbons (Fsp3) is 0.500. The van der Waals surface area contributed by atoms with E-state index in [0.29, 0.717) is 23.8 Å². The second-order valence-corrected chi connectivity index (χ2v) is 5.98. The normalized spacial score (nSPS) is 21.4. The van der Waals surface area contributed by atoms with Crippen LogP contribution in [0.4, 0.5) is 5.69 Å². The predicted octanol–water partition coefficient (Wildman–Crippen LogP) is 1.46. The molecule has 1 atom stereocenters. The average molecular weight is 287 g/mol. The lowest BCUT2D eigenvalue weighted by atomic mass is 10.0. The van der Waals surface area contributed by atoms with Crippen LogP contribution in [0.5, 0.6) is 0 Å². The molecule has 5 nitrogen and oxygen atoms in total. The van der Waals surface area contributed by atoms with Gasteiger partial charge in [-0.05, 0) is 44.2 Å². The minimum absolute atomic E-state index is 0.0181. The Labute approximate surface area is 124 Å². The van der Waals surface area contributed by atoms with Crippen LogP contribution in [0.3, 0.4) is 0 Å². The molecule has 1 aromatic rings. The van der Waals surface area contributed by atoms with Crippen LogP contribution in [0.25, 0.3) is 0 Å². The van der Waals surface area contributed by atoms with E-state index in [2.05, 4.69) is 5.32 Å². The van der Waals surface area contributed by atoms with Gasteiger partial charge in [0, 0.05) is 18.3 Å². The number of nitrogens with two attached hydrogens (primary N) is 1. The van der Waals surface area contributed by atoms with Gasteiger partial charge in [-0.3, -0.25) is 9.59 Å². The predicted molar refractivity (Wildman–Crippen MR) is 80.8 cm³/mol. The fourth-order valence-corrected chi connectivity index (χ4v) is 2.93. The van der Waals surface area contributed by atoms with Crippen molar-refractivity contribution in [2.45, 2.75) is 44.7 Å². The summed E-state index contributed by atoms with van der Waals surface area (Å²) in [7, 11) is 0. The number of carbonyl (C=O) groups is 2. The number of nitrogens with zero attached hydrogens (tertiary/aromatic N) is 1. The van der Waals surface area contributed by atoms with E-state index >= 15 is 0 Å². The zero-order valence-electron chi connectivity index (χ0n) is 12.3. The van der Waals surface area contributed by atoms with Gasteiger partial charge in [0.25, 0.3) is 5.91 Å². The van der Waals surface area contributed by atoms with E-state index in [9.17, 15) is 9.59 Å². The zero-order chi connectivity index (χ0) is 15.0. The van der Waals surface area contributed by atoms with Gasteiger partial charge >= 0.3 is 0 Å². The van der Waals surface area contributed by atoms with Gasteiger partial charge in [0.05, 0.1) is 5.56 Å². The summed E-state index contributed by atoms with van der Waals surface area (Å²) in [5, 5.41) is 3.00. The Morgan fingerprint density at radius 1 is 1.29 bits per heavy atom. The molecule has 1 aliphatic heterocycles. The quantitative estimate of drug-likeness (QED) is 0.826. The number of amides is 2. The summed E-state index contributed by atoms with van der Waals surface area (Å²) in [6.07, 6.45) is 3.70. The molecule has 112 valence electrons. The Bertz CT molecular complexity index is 561. The molecule has 0 aromatic heterocycles. The molecule has 0 spiro atoms. The molecule has 21 heavy (non-hydrogen) atoms. The van der Waals surface area contributed by atoms with Gasteiger partial charge in [-0.15, -0.1) is 0 Å². The summed E-state index contributed by atoms with van der Waals surface area (Å²) in [6, 6.07) is 5.41. The van der Waals surface area contributed by atoms with Gasteiger partial charge in [-0.25, -0.2) is 0 Å². The van der Waals surface area contributed by atoms with Crippen LogP contribution < -0.4 is 11.1 Å². The molecule has 1 heterocycles. The van der Waals surface area contributed by atoms with E-state index in [0.717, 1.165) is 31.2 Å². The van der Waals surface area contributed by atoms with Gasteiger partial charge in [0.2, 0.25) is 5.91 Å². The smallest absolute Gasteiger partial charge is 0.256 e. The number of likely N-dealkylation sites (tertiary alicyclic amines) is 1.